The molecular weight excluding hydrogens is 210 g/mol. The van der Waals surface area contributed by atoms with Crippen LogP contribution >= 0.6 is 11.6 Å². The summed E-state index contributed by atoms with van der Waals surface area (Å²) in [5, 5.41) is 3.86. The van der Waals surface area contributed by atoms with Crippen LogP contribution in [0.2, 0.25) is 5.02 Å². The smallest absolute Gasteiger partial charge is 0.144 e. The first kappa shape index (κ1) is 10.6. The highest BCUT2D eigenvalue weighted by molar-refractivity contribution is 6.33. The molecule has 0 bridgehead atoms. The van der Waals surface area contributed by atoms with Crippen molar-refractivity contribution in [2.45, 2.75) is 19.8 Å². The van der Waals surface area contributed by atoms with E-state index in [2.05, 4.69) is 17.2 Å². The van der Waals surface area contributed by atoms with Crippen molar-refractivity contribution >= 4 is 23.1 Å². The fourth-order valence-electron chi connectivity index (χ4n) is 1.67. The van der Waals surface area contributed by atoms with Gasteiger partial charge in [0.25, 0.3) is 0 Å². The highest BCUT2D eigenvalue weighted by Gasteiger charge is 2.27. The van der Waals surface area contributed by atoms with E-state index in [0.29, 0.717) is 16.6 Å². The molecular formula is C11H16ClN3. The van der Waals surface area contributed by atoms with Crippen LogP contribution in [0.25, 0.3) is 0 Å². The maximum absolute atomic E-state index is 6.00. The Balaban J connectivity index is 1.92. The third-order valence-electron chi connectivity index (χ3n) is 2.88. The van der Waals surface area contributed by atoms with Crippen LogP contribution in [-0.2, 0) is 0 Å². The van der Waals surface area contributed by atoms with Gasteiger partial charge in [-0.1, -0.05) is 18.5 Å². The number of anilines is 2. The SMILES string of the molecule is CC(CNc1ncc(N)cc1Cl)C1CC1. The van der Waals surface area contributed by atoms with Crippen LogP contribution < -0.4 is 11.1 Å². The Bertz CT molecular complexity index is 350. The van der Waals surface area contributed by atoms with E-state index in [4.69, 9.17) is 17.3 Å². The second-order valence-electron chi connectivity index (χ2n) is 4.29. The van der Waals surface area contributed by atoms with Gasteiger partial charge in [0.2, 0.25) is 0 Å². The minimum atomic E-state index is 0.595. The van der Waals surface area contributed by atoms with Crippen molar-refractivity contribution in [1.82, 2.24) is 4.98 Å². The molecule has 15 heavy (non-hydrogen) atoms. The average molecular weight is 226 g/mol. The Morgan fingerprint density at radius 2 is 2.40 bits per heavy atom. The lowest BCUT2D eigenvalue weighted by Gasteiger charge is -2.12. The van der Waals surface area contributed by atoms with Crippen LogP contribution in [0.1, 0.15) is 19.8 Å². The maximum Gasteiger partial charge on any atom is 0.144 e. The Morgan fingerprint density at radius 3 is 3.00 bits per heavy atom. The minimum Gasteiger partial charge on any atom is -0.397 e. The van der Waals surface area contributed by atoms with Crippen LogP contribution in [0.4, 0.5) is 11.5 Å². The number of aromatic nitrogens is 1. The zero-order valence-electron chi connectivity index (χ0n) is 8.83. The molecule has 1 aromatic rings. The number of nitrogen functional groups attached to an aromatic ring is 1. The number of hydrogen-bond donors (Lipinski definition) is 2. The number of nitrogens with two attached hydrogens (primary N) is 1. The highest BCUT2D eigenvalue weighted by Crippen LogP contribution is 2.36. The Kier molecular flexibility index (Phi) is 3.00. The molecule has 2 rings (SSSR count). The monoisotopic (exact) mass is 225 g/mol. The van der Waals surface area contributed by atoms with Crippen molar-refractivity contribution in [2.75, 3.05) is 17.6 Å². The standard InChI is InChI=1S/C11H16ClN3/c1-7(8-2-3-8)5-14-11-10(12)4-9(13)6-15-11/h4,6-8H,2-3,5,13H2,1H3,(H,14,15). The molecule has 1 aliphatic rings. The molecule has 0 spiro atoms. The van der Waals surface area contributed by atoms with Gasteiger partial charge >= 0.3 is 0 Å². The third kappa shape index (κ3) is 2.75. The lowest BCUT2D eigenvalue weighted by atomic mass is 10.1. The topological polar surface area (TPSA) is 50.9 Å². The van der Waals surface area contributed by atoms with E-state index in [9.17, 15) is 0 Å². The maximum atomic E-state index is 6.00. The van der Waals surface area contributed by atoms with Gasteiger partial charge in [-0.3, -0.25) is 0 Å². The first-order valence-electron chi connectivity index (χ1n) is 5.31. The van der Waals surface area contributed by atoms with Crippen LogP contribution in [0, 0.1) is 11.8 Å². The first-order valence-corrected chi connectivity index (χ1v) is 5.69. The van der Waals surface area contributed by atoms with Crippen LogP contribution in [0.15, 0.2) is 12.3 Å². The van der Waals surface area contributed by atoms with Crippen molar-refractivity contribution < 1.29 is 0 Å². The fourth-order valence-corrected chi connectivity index (χ4v) is 1.91. The second-order valence-corrected chi connectivity index (χ2v) is 4.70. The highest BCUT2D eigenvalue weighted by atomic mass is 35.5. The lowest BCUT2D eigenvalue weighted by Crippen LogP contribution is -2.14. The van der Waals surface area contributed by atoms with Crippen molar-refractivity contribution in [1.29, 1.82) is 0 Å². The number of nitrogens with one attached hydrogen (secondary N) is 1. The molecule has 1 heterocycles. The quantitative estimate of drug-likeness (QED) is 0.829. The molecule has 0 amide bonds. The van der Waals surface area contributed by atoms with E-state index in [1.165, 1.54) is 12.8 Å². The van der Waals surface area contributed by atoms with E-state index in [-0.39, 0.29) is 0 Å². The summed E-state index contributed by atoms with van der Waals surface area (Å²) in [6, 6.07) is 1.72. The molecule has 4 heteroatoms. The molecule has 0 saturated heterocycles. The number of halogens is 1. The molecule has 0 aliphatic heterocycles. The van der Waals surface area contributed by atoms with Gasteiger partial charge in [-0.2, -0.15) is 0 Å². The van der Waals surface area contributed by atoms with Crippen LogP contribution in [0.5, 0.6) is 0 Å². The van der Waals surface area contributed by atoms with E-state index in [1.807, 2.05) is 0 Å². The Labute approximate surface area is 95.0 Å². The predicted molar refractivity (Wildman–Crippen MR) is 64.0 cm³/mol. The van der Waals surface area contributed by atoms with E-state index in [0.717, 1.165) is 18.3 Å². The first-order chi connectivity index (χ1) is 7.16. The van der Waals surface area contributed by atoms with Crippen molar-refractivity contribution in [3.8, 4) is 0 Å². The van der Waals surface area contributed by atoms with Gasteiger partial charge in [0.05, 0.1) is 16.9 Å². The summed E-state index contributed by atoms with van der Waals surface area (Å²) in [4.78, 5) is 4.16. The van der Waals surface area contributed by atoms with Gasteiger partial charge in [-0.15, -0.1) is 0 Å². The zero-order valence-corrected chi connectivity index (χ0v) is 9.59. The number of pyridine rings is 1. The Hall–Kier alpha value is -0.960. The number of rotatable bonds is 4. The second kappa shape index (κ2) is 4.27. The summed E-state index contributed by atoms with van der Waals surface area (Å²) in [7, 11) is 0. The molecule has 1 fully saturated rings. The van der Waals surface area contributed by atoms with Crippen molar-refractivity contribution in [2.24, 2.45) is 11.8 Å². The summed E-state index contributed by atoms with van der Waals surface area (Å²) in [5.41, 5.74) is 6.16. The van der Waals surface area contributed by atoms with Gasteiger partial charge in [-0.25, -0.2) is 4.98 Å². The molecule has 1 unspecified atom stereocenters. The molecule has 1 saturated carbocycles. The molecule has 1 atom stereocenters. The minimum absolute atomic E-state index is 0.595. The summed E-state index contributed by atoms with van der Waals surface area (Å²) >= 11 is 6.00. The number of nitrogens with zero attached hydrogens (tertiary/aromatic N) is 1. The zero-order chi connectivity index (χ0) is 10.8. The van der Waals surface area contributed by atoms with Gasteiger partial charge in [0.15, 0.2) is 0 Å². The molecule has 0 aromatic carbocycles. The summed E-state index contributed by atoms with van der Waals surface area (Å²) in [5.74, 6) is 2.32. The number of hydrogen-bond acceptors (Lipinski definition) is 3. The van der Waals surface area contributed by atoms with Gasteiger partial charge in [-0.05, 0) is 30.7 Å². The van der Waals surface area contributed by atoms with Gasteiger partial charge in [0, 0.05) is 6.54 Å². The van der Waals surface area contributed by atoms with E-state index >= 15 is 0 Å². The van der Waals surface area contributed by atoms with Gasteiger partial charge < -0.3 is 11.1 Å². The molecule has 1 aliphatic carbocycles. The van der Waals surface area contributed by atoms with E-state index < -0.39 is 0 Å². The summed E-state index contributed by atoms with van der Waals surface area (Å²) in [6.45, 7) is 3.19. The summed E-state index contributed by atoms with van der Waals surface area (Å²) in [6.07, 6.45) is 4.35. The molecule has 3 nitrogen and oxygen atoms in total. The average Bonchev–Trinajstić information content (AvgIpc) is 2.99. The largest absolute Gasteiger partial charge is 0.397 e. The molecule has 1 aromatic heterocycles. The fraction of sp³-hybridized carbons (Fsp3) is 0.545. The third-order valence-corrected chi connectivity index (χ3v) is 3.17. The lowest BCUT2D eigenvalue weighted by molar-refractivity contribution is 0.536. The molecule has 3 N–H and O–H groups in total. The van der Waals surface area contributed by atoms with Crippen LogP contribution in [0.3, 0.4) is 0 Å². The Morgan fingerprint density at radius 1 is 1.67 bits per heavy atom. The predicted octanol–water partition coefficient (Wildman–Crippen LogP) is 2.78. The molecule has 82 valence electrons. The van der Waals surface area contributed by atoms with Crippen molar-refractivity contribution in [3.05, 3.63) is 17.3 Å². The van der Waals surface area contributed by atoms with Gasteiger partial charge in [0.1, 0.15) is 5.82 Å². The van der Waals surface area contributed by atoms with E-state index in [1.54, 1.807) is 12.3 Å². The normalized spacial score (nSPS) is 17.5. The molecule has 0 radical (unpaired) electrons. The summed E-state index contributed by atoms with van der Waals surface area (Å²) < 4.78 is 0. The van der Waals surface area contributed by atoms with Crippen molar-refractivity contribution in [3.63, 3.8) is 0 Å². The van der Waals surface area contributed by atoms with Crippen LogP contribution in [-0.4, -0.2) is 11.5 Å².